The van der Waals surface area contributed by atoms with Crippen LogP contribution in [0.4, 0.5) is 11.4 Å². The molecule has 0 atom stereocenters. The molecule has 0 amide bonds. The maximum absolute atomic E-state index is 11.0. The molecule has 1 heterocycles. The molecular weight excluding hydrogens is 218 g/mol. The fraction of sp³-hybridized carbons (Fsp3) is 0.250. The van der Waals surface area contributed by atoms with Crippen LogP contribution >= 0.6 is 0 Å². The highest BCUT2D eigenvalue weighted by Gasteiger charge is 2.21. The topological polar surface area (TPSA) is 58.7 Å². The van der Waals surface area contributed by atoms with Crippen LogP contribution in [0.25, 0.3) is 0 Å². The molecule has 0 spiro atoms. The lowest BCUT2D eigenvalue weighted by Crippen LogP contribution is -2.31. The highest BCUT2D eigenvalue weighted by atomic mass is 16.6. The lowest BCUT2D eigenvalue weighted by Gasteiger charge is -2.25. The average molecular weight is 231 g/mol. The normalized spacial score (nSPS) is 15.3. The van der Waals surface area contributed by atoms with Crippen molar-refractivity contribution >= 4 is 17.2 Å². The van der Waals surface area contributed by atoms with E-state index in [9.17, 15) is 10.1 Å². The van der Waals surface area contributed by atoms with Gasteiger partial charge >= 0.3 is 0 Å². The maximum Gasteiger partial charge on any atom is 0.292 e. The number of para-hydroxylation sites is 2. The second-order valence-corrected chi connectivity index (χ2v) is 3.86. The van der Waals surface area contributed by atoms with E-state index in [1.165, 1.54) is 6.07 Å². The van der Waals surface area contributed by atoms with Gasteiger partial charge in [0.2, 0.25) is 0 Å². The zero-order valence-electron chi connectivity index (χ0n) is 9.75. The summed E-state index contributed by atoms with van der Waals surface area (Å²) in [5.41, 5.74) is 1.63. The number of rotatable bonds is 2. The molecule has 0 unspecified atom stereocenters. The number of nitro benzene ring substituents is 1. The van der Waals surface area contributed by atoms with E-state index in [1.807, 2.05) is 24.8 Å². The third-order valence-electron chi connectivity index (χ3n) is 2.67. The molecule has 0 saturated carbocycles. The van der Waals surface area contributed by atoms with Crippen molar-refractivity contribution in [2.24, 2.45) is 4.99 Å². The molecule has 5 heteroatoms. The Morgan fingerprint density at radius 2 is 2.06 bits per heavy atom. The summed E-state index contributed by atoms with van der Waals surface area (Å²) in [5, 5.41) is 11.0. The first kappa shape index (κ1) is 11.3. The summed E-state index contributed by atoms with van der Waals surface area (Å²) in [6.45, 7) is 4.39. The Morgan fingerprint density at radius 3 is 2.71 bits per heavy atom. The molecule has 0 radical (unpaired) electrons. The summed E-state index contributed by atoms with van der Waals surface area (Å²) < 4.78 is 0. The Bertz CT molecular complexity index is 520. The van der Waals surface area contributed by atoms with Crippen molar-refractivity contribution in [3.8, 4) is 0 Å². The summed E-state index contributed by atoms with van der Waals surface area (Å²) in [4.78, 5) is 16.8. The molecular formula is C12H13N3O2. The van der Waals surface area contributed by atoms with Gasteiger partial charge < -0.3 is 4.90 Å². The SMILES string of the molecule is CC1=CCN(c2ccccc2[N+](=O)[O-])C(C)=N1. The fourth-order valence-electron chi connectivity index (χ4n) is 1.84. The highest BCUT2D eigenvalue weighted by Crippen LogP contribution is 2.29. The second-order valence-electron chi connectivity index (χ2n) is 3.86. The first-order valence-electron chi connectivity index (χ1n) is 5.32. The van der Waals surface area contributed by atoms with Gasteiger partial charge in [0.05, 0.1) is 4.92 Å². The Morgan fingerprint density at radius 1 is 1.35 bits per heavy atom. The molecule has 1 aliphatic rings. The Kier molecular flexibility index (Phi) is 2.91. The Labute approximate surface area is 99.2 Å². The van der Waals surface area contributed by atoms with Crippen LogP contribution in [-0.4, -0.2) is 17.3 Å². The number of amidine groups is 1. The van der Waals surface area contributed by atoms with E-state index in [0.717, 1.165) is 11.5 Å². The quantitative estimate of drug-likeness (QED) is 0.580. The number of allylic oxidation sites excluding steroid dienone is 1. The molecule has 88 valence electrons. The van der Waals surface area contributed by atoms with E-state index in [1.54, 1.807) is 18.2 Å². The number of aliphatic imine (C=N–C) groups is 1. The van der Waals surface area contributed by atoms with Gasteiger partial charge in [-0.25, -0.2) is 4.99 Å². The van der Waals surface area contributed by atoms with E-state index in [-0.39, 0.29) is 10.6 Å². The summed E-state index contributed by atoms with van der Waals surface area (Å²) in [6, 6.07) is 6.71. The third kappa shape index (κ3) is 2.18. The van der Waals surface area contributed by atoms with Crippen LogP contribution in [0.5, 0.6) is 0 Å². The maximum atomic E-state index is 11.0. The molecule has 17 heavy (non-hydrogen) atoms. The van der Waals surface area contributed by atoms with E-state index in [4.69, 9.17) is 0 Å². The van der Waals surface area contributed by atoms with Crippen molar-refractivity contribution in [3.63, 3.8) is 0 Å². The van der Waals surface area contributed by atoms with E-state index in [0.29, 0.717) is 12.2 Å². The lowest BCUT2D eigenvalue weighted by atomic mass is 10.2. The molecule has 0 aliphatic carbocycles. The molecule has 5 nitrogen and oxygen atoms in total. The van der Waals surface area contributed by atoms with Crippen molar-refractivity contribution in [2.75, 3.05) is 11.4 Å². The van der Waals surface area contributed by atoms with Crippen LogP contribution in [0.1, 0.15) is 13.8 Å². The molecule has 0 N–H and O–H groups in total. The van der Waals surface area contributed by atoms with Crippen LogP contribution in [0.3, 0.4) is 0 Å². The summed E-state index contributed by atoms with van der Waals surface area (Å²) in [7, 11) is 0. The molecule has 2 rings (SSSR count). The van der Waals surface area contributed by atoms with Crippen molar-refractivity contribution in [3.05, 3.63) is 46.2 Å². The summed E-state index contributed by atoms with van der Waals surface area (Å²) >= 11 is 0. The van der Waals surface area contributed by atoms with Crippen LogP contribution in [0.15, 0.2) is 41.0 Å². The van der Waals surface area contributed by atoms with Crippen molar-refractivity contribution in [1.82, 2.24) is 0 Å². The number of nitrogens with zero attached hydrogens (tertiary/aromatic N) is 3. The van der Waals surface area contributed by atoms with Gasteiger partial charge in [-0.3, -0.25) is 10.1 Å². The van der Waals surface area contributed by atoms with Crippen LogP contribution in [0, 0.1) is 10.1 Å². The molecule has 0 aromatic heterocycles. The first-order valence-corrected chi connectivity index (χ1v) is 5.32. The van der Waals surface area contributed by atoms with Gasteiger partial charge in [0, 0.05) is 18.3 Å². The smallest absolute Gasteiger partial charge is 0.292 e. The van der Waals surface area contributed by atoms with Gasteiger partial charge in [0.1, 0.15) is 11.5 Å². The van der Waals surface area contributed by atoms with Crippen molar-refractivity contribution in [2.45, 2.75) is 13.8 Å². The fourth-order valence-corrected chi connectivity index (χ4v) is 1.84. The van der Waals surface area contributed by atoms with Gasteiger partial charge in [0.15, 0.2) is 0 Å². The number of hydrogen-bond acceptors (Lipinski definition) is 4. The number of anilines is 1. The molecule has 1 aromatic carbocycles. The minimum absolute atomic E-state index is 0.106. The molecule has 0 fully saturated rings. The summed E-state index contributed by atoms with van der Waals surface area (Å²) in [6.07, 6.45) is 1.95. The Balaban J connectivity index is 2.43. The van der Waals surface area contributed by atoms with Crippen molar-refractivity contribution < 1.29 is 4.92 Å². The molecule has 0 bridgehead atoms. The summed E-state index contributed by atoms with van der Waals surface area (Å²) in [5.74, 6) is 0.777. The second kappa shape index (κ2) is 4.37. The van der Waals surface area contributed by atoms with E-state index >= 15 is 0 Å². The molecule has 1 aliphatic heterocycles. The average Bonchev–Trinajstić information content (AvgIpc) is 2.29. The van der Waals surface area contributed by atoms with Gasteiger partial charge in [-0.05, 0) is 26.0 Å². The highest BCUT2D eigenvalue weighted by molar-refractivity contribution is 5.99. The predicted molar refractivity (Wildman–Crippen MR) is 67.3 cm³/mol. The van der Waals surface area contributed by atoms with Gasteiger partial charge in [-0.2, -0.15) is 0 Å². The van der Waals surface area contributed by atoms with E-state index < -0.39 is 0 Å². The third-order valence-corrected chi connectivity index (χ3v) is 2.67. The largest absolute Gasteiger partial charge is 0.320 e. The van der Waals surface area contributed by atoms with E-state index in [2.05, 4.69) is 4.99 Å². The predicted octanol–water partition coefficient (Wildman–Crippen LogP) is 2.74. The standard InChI is InChI=1S/C12H13N3O2/c1-9-7-8-14(10(2)13-9)11-5-3-4-6-12(11)15(16)17/h3-7H,8H2,1-2H3. The minimum atomic E-state index is -0.367. The molecule has 1 aromatic rings. The van der Waals surface area contributed by atoms with Crippen molar-refractivity contribution in [1.29, 1.82) is 0 Å². The van der Waals surface area contributed by atoms with Crippen LogP contribution in [0.2, 0.25) is 0 Å². The number of hydrogen-bond donors (Lipinski definition) is 0. The number of nitro groups is 1. The molecule has 0 saturated heterocycles. The van der Waals surface area contributed by atoms with Gasteiger partial charge in [0.25, 0.3) is 5.69 Å². The number of benzene rings is 1. The lowest BCUT2D eigenvalue weighted by molar-refractivity contribution is -0.384. The van der Waals surface area contributed by atoms with Crippen LogP contribution < -0.4 is 4.90 Å². The minimum Gasteiger partial charge on any atom is -0.320 e. The Hall–Kier alpha value is -2.17. The first-order chi connectivity index (χ1) is 8.09. The zero-order valence-corrected chi connectivity index (χ0v) is 9.75. The van der Waals surface area contributed by atoms with Crippen LogP contribution in [-0.2, 0) is 0 Å². The zero-order chi connectivity index (χ0) is 12.4. The van der Waals surface area contributed by atoms with Gasteiger partial charge in [-0.15, -0.1) is 0 Å². The monoisotopic (exact) mass is 231 g/mol. The van der Waals surface area contributed by atoms with Gasteiger partial charge in [-0.1, -0.05) is 12.1 Å².